The van der Waals surface area contributed by atoms with Gasteiger partial charge in [-0.05, 0) is 54.1 Å². The van der Waals surface area contributed by atoms with Crippen LogP contribution in [0.2, 0.25) is 0 Å². The molecule has 3 atom stereocenters. The second-order valence-corrected chi connectivity index (χ2v) is 7.77. The maximum atomic E-state index is 13.4. The number of rotatable bonds is 3. The summed E-state index contributed by atoms with van der Waals surface area (Å²) in [6.45, 7) is 0. The molecule has 0 bridgehead atoms. The van der Waals surface area contributed by atoms with E-state index in [1.165, 1.54) is 29.3 Å². The Morgan fingerprint density at radius 3 is 2.15 bits per heavy atom. The Morgan fingerprint density at radius 2 is 1.48 bits per heavy atom. The van der Waals surface area contributed by atoms with Gasteiger partial charge in [0.2, 0.25) is 5.91 Å². The number of halogens is 4. The van der Waals surface area contributed by atoms with Crippen LogP contribution in [0.1, 0.15) is 17.2 Å². The molecular weight excluding hydrogens is 440 g/mol. The average Bonchev–Trinajstić information content (AvgIpc) is 3.31. The number of alkyl halides is 3. The zero-order chi connectivity index (χ0) is 23.3. The van der Waals surface area contributed by atoms with Crippen molar-refractivity contribution in [1.82, 2.24) is 0 Å². The summed E-state index contributed by atoms with van der Waals surface area (Å²) in [5.41, 5.74) is -0.0337. The molecule has 0 spiro atoms. The summed E-state index contributed by atoms with van der Waals surface area (Å²) in [6.07, 6.45) is -5.82. The Kier molecular flexibility index (Phi) is 4.93. The van der Waals surface area contributed by atoms with E-state index in [0.717, 1.165) is 29.2 Å². The predicted molar refractivity (Wildman–Crippen MR) is 110 cm³/mol. The Labute approximate surface area is 185 Å². The molecule has 2 saturated heterocycles. The maximum absolute atomic E-state index is 13.4. The first-order chi connectivity index (χ1) is 15.8. The third-order valence-corrected chi connectivity index (χ3v) is 5.77. The Morgan fingerprint density at radius 1 is 0.788 bits per heavy atom. The van der Waals surface area contributed by atoms with E-state index in [-0.39, 0.29) is 11.3 Å². The van der Waals surface area contributed by atoms with Crippen molar-refractivity contribution in [2.75, 3.05) is 9.96 Å². The largest absolute Gasteiger partial charge is 0.416 e. The van der Waals surface area contributed by atoms with Crippen LogP contribution in [0, 0.1) is 11.7 Å². The van der Waals surface area contributed by atoms with Crippen LogP contribution in [-0.2, 0) is 20.6 Å². The molecule has 2 fully saturated rings. The summed E-state index contributed by atoms with van der Waals surface area (Å²) in [6, 6.07) is 17.0. The first kappa shape index (κ1) is 21.1. The minimum atomic E-state index is -4.58. The Hall–Kier alpha value is -3.72. The molecule has 0 aromatic heterocycles. The van der Waals surface area contributed by atoms with Crippen LogP contribution in [-0.4, -0.2) is 17.9 Å². The van der Waals surface area contributed by atoms with Gasteiger partial charge in [0, 0.05) is 0 Å². The fourth-order valence-electron chi connectivity index (χ4n) is 4.30. The summed E-state index contributed by atoms with van der Waals surface area (Å²) < 4.78 is 53.5. The zero-order valence-electron chi connectivity index (χ0n) is 16.9. The highest BCUT2D eigenvalue weighted by Crippen LogP contribution is 2.48. The number of imide groups is 1. The fraction of sp³-hybridized carbons (Fsp3) is 0.167. The summed E-state index contributed by atoms with van der Waals surface area (Å²) in [5.74, 6) is -2.91. The number of fused-ring (bicyclic) bond motifs is 1. The molecule has 0 saturated carbocycles. The van der Waals surface area contributed by atoms with Crippen LogP contribution in [0.25, 0.3) is 0 Å². The number of hydrogen-bond acceptors (Lipinski definition) is 4. The number of hydrogen-bond donors (Lipinski definition) is 0. The van der Waals surface area contributed by atoms with E-state index in [2.05, 4.69) is 0 Å². The van der Waals surface area contributed by atoms with E-state index in [1.807, 2.05) is 0 Å². The lowest BCUT2D eigenvalue weighted by Gasteiger charge is -2.29. The van der Waals surface area contributed by atoms with Crippen molar-refractivity contribution in [2.45, 2.75) is 18.3 Å². The van der Waals surface area contributed by atoms with Gasteiger partial charge < -0.3 is 0 Å². The van der Waals surface area contributed by atoms with Gasteiger partial charge in [-0.1, -0.05) is 30.3 Å². The van der Waals surface area contributed by atoms with E-state index in [9.17, 15) is 27.2 Å². The molecule has 168 valence electrons. The maximum Gasteiger partial charge on any atom is 0.416 e. The zero-order valence-corrected chi connectivity index (χ0v) is 16.9. The number of anilines is 2. The van der Waals surface area contributed by atoms with E-state index in [4.69, 9.17) is 4.84 Å². The second kappa shape index (κ2) is 7.70. The number of carbonyl (C=O) groups is 2. The van der Waals surface area contributed by atoms with Crippen molar-refractivity contribution in [3.63, 3.8) is 0 Å². The van der Waals surface area contributed by atoms with E-state index < -0.39 is 47.4 Å². The van der Waals surface area contributed by atoms with E-state index >= 15 is 0 Å². The molecule has 5 nitrogen and oxygen atoms in total. The van der Waals surface area contributed by atoms with Gasteiger partial charge >= 0.3 is 6.18 Å². The van der Waals surface area contributed by atoms with Gasteiger partial charge in [0.25, 0.3) is 5.91 Å². The molecular formula is C24H16F4N2O3. The molecule has 5 rings (SSSR count). The average molecular weight is 456 g/mol. The number of amides is 2. The van der Waals surface area contributed by atoms with Gasteiger partial charge in [0.1, 0.15) is 11.7 Å². The highest BCUT2D eigenvalue weighted by molar-refractivity contribution is 6.23. The molecule has 3 aromatic carbocycles. The van der Waals surface area contributed by atoms with Gasteiger partial charge in [0.05, 0.1) is 23.0 Å². The number of benzene rings is 3. The number of para-hydroxylation sites is 1. The molecule has 0 N–H and O–H groups in total. The van der Waals surface area contributed by atoms with Crippen molar-refractivity contribution in [3.05, 3.63) is 95.8 Å². The van der Waals surface area contributed by atoms with Gasteiger partial charge in [-0.3, -0.25) is 14.4 Å². The van der Waals surface area contributed by atoms with Gasteiger partial charge in [0.15, 0.2) is 6.10 Å². The van der Waals surface area contributed by atoms with Gasteiger partial charge in [-0.25, -0.2) is 14.4 Å². The van der Waals surface area contributed by atoms with Gasteiger partial charge in [-0.2, -0.15) is 13.2 Å². The number of nitrogens with zero attached hydrogens (tertiary/aromatic N) is 2. The van der Waals surface area contributed by atoms with Crippen LogP contribution < -0.4 is 9.96 Å². The molecule has 0 unspecified atom stereocenters. The molecule has 2 heterocycles. The van der Waals surface area contributed by atoms with Crippen LogP contribution in [0.3, 0.4) is 0 Å². The first-order valence-electron chi connectivity index (χ1n) is 10.1. The third-order valence-electron chi connectivity index (χ3n) is 5.77. The molecule has 3 aromatic rings. The van der Waals surface area contributed by atoms with Crippen LogP contribution >= 0.6 is 0 Å². The minimum Gasteiger partial charge on any atom is -0.273 e. The summed E-state index contributed by atoms with van der Waals surface area (Å²) in [5, 5.41) is 1.32. The van der Waals surface area contributed by atoms with Crippen molar-refractivity contribution in [3.8, 4) is 0 Å². The lowest BCUT2D eigenvalue weighted by atomic mass is 9.89. The molecule has 0 aliphatic carbocycles. The number of hydroxylamine groups is 1. The van der Waals surface area contributed by atoms with Crippen LogP contribution in [0.15, 0.2) is 78.9 Å². The quantitative estimate of drug-likeness (QED) is 0.416. The van der Waals surface area contributed by atoms with E-state index in [0.29, 0.717) is 5.69 Å². The summed E-state index contributed by atoms with van der Waals surface area (Å²) >= 11 is 0. The molecule has 0 radical (unpaired) electrons. The standard InChI is InChI=1S/C24H16F4N2O3/c25-16-9-11-17(12-10-16)29-22(31)19-20(14-5-4-6-15(13-14)24(26,27)28)30(33-21(19)23(29)32)18-7-2-1-3-8-18/h1-13,19-21H/t19-,20-,21+/m0/s1. The van der Waals surface area contributed by atoms with Crippen LogP contribution in [0.5, 0.6) is 0 Å². The SMILES string of the molecule is O=C1[C@@H]2[C@@H](ON(c3ccccc3)[C@H]2c2cccc(C(F)(F)F)c2)C(=O)N1c1ccc(F)cc1. The number of carbonyl (C=O) groups excluding carboxylic acids is 2. The molecule has 33 heavy (non-hydrogen) atoms. The fourth-order valence-corrected chi connectivity index (χ4v) is 4.30. The summed E-state index contributed by atoms with van der Waals surface area (Å²) in [4.78, 5) is 33.3. The normalized spacial score (nSPS) is 22.7. The Balaban J connectivity index is 1.60. The molecule has 2 aliphatic rings. The van der Waals surface area contributed by atoms with Crippen molar-refractivity contribution < 1.29 is 32.0 Å². The second-order valence-electron chi connectivity index (χ2n) is 7.77. The minimum absolute atomic E-state index is 0.165. The summed E-state index contributed by atoms with van der Waals surface area (Å²) in [7, 11) is 0. The van der Waals surface area contributed by atoms with Crippen LogP contribution in [0.4, 0.5) is 28.9 Å². The topological polar surface area (TPSA) is 49.9 Å². The van der Waals surface area contributed by atoms with Gasteiger partial charge in [-0.15, -0.1) is 0 Å². The molecule has 9 heteroatoms. The highest BCUT2D eigenvalue weighted by atomic mass is 19.4. The molecule has 2 amide bonds. The van der Waals surface area contributed by atoms with E-state index in [1.54, 1.807) is 30.3 Å². The highest BCUT2D eigenvalue weighted by Gasteiger charge is 2.60. The third kappa shape index (κ3) is 3.54. The van der Waals surface area contributed by atoms with Crippen molar-refractivity contribution in [1.29, 1.82) is 0 Å². The Bertz CT molecular complexity index is 1210. The molecule has 2 aliphatic heterocycles. The lowest BCUT2D eigenvalue weighted by Crippen LogP contribution is -2.37. The first-order valence-corrected chi connectivity index (χ1v) is 10.1. The smallest absolute Gasteiger partial charge is 0.273 e. The monoisotopic (exact) mass is 456 g/mol. The van der Waals surface area contributed by atoms with Crippen molar-refractivity contribution in [2.24, 2.45) is 5.92 Å². The lowest BCUT2D eigenvalue weighted by molar-refractivity contribution is -0.137. The van der Waals surface area contributed by atoms with Crippen molar-refractivity contribution >= 4 is 23.2 Å². The predicted octanol–water partition coefficient (Wildman–Crippen LogP) is 4.90.